The molecule has 1 amide bonds. The number of carbonyl (C=O) groups excluding carboxylic acids is 1. The van der Waals surface area contributed by atoms with E-state index < -0.39 is 58.9 Å². The van der Waals surface area contributed by atoms with Crippen LogP contribution in [0.2, 0.25) is 5.02 Å². The summed E-state index contributed by atoms with van der Waals surface area (Å²) in [4.78, 5) is 18.8. The van der Waals surface area contributed by atoms with Crippen molar-refractivity contribution in [2.75, 3.05) is 81.9 Å². The lowest BCUT2D eigenvalue weighted by molar-refractivity contribution is -0.0435. The molecule has 2 heterocycles. The van der Waals surface area contributed by atoms with Crippen LogP contribution in [0, 0.1) is 5.92 Å². The molecule has 2 aliphatic rings. The van der Waals surface area contributed by atoms with Crippen molar-refractivity contribution in [2.45, 2.75) is 58.0 Å². The molecule has 2 aliphatic heterocycles. The number of anilines is 2. The maximum atomic E-state index is 14.3. The predicted molar refractivity (Wildman–Crippen MR) is 268 cm³/mol. The molecule has 0 saturated carbocycles. The molecule has 19 heteroatoms. The highest BCUT2D eigenvalue weighted by atomic mass is 35.5. The predicted octanol–water partition coefficient (Wildman–Crippen LogP) is 8.56. The van der Waals surface area contributed by atoms with Crippen molar-refractivity contribution >= 4 is 60.5 Å². The number of aliphatic hydroxyl groups excluding tert-OH is 1. The lowest BCUT2D eigenvalue weighted by Gasteiger charge is -2.36. The molecule has 0 spiro atoms. The second-order valence-corrected chi connectivity index (χ2v) is 22.6. The largest absolute Gasteiger partial charge is 0.501 e. The minimum atomic E-state index is -6.08. The Kier molecular flexibility index (Phi) is 17.8. The van der Waals surface area contributed by atoms with E-state index in [9.17, 15) is 39.9 Å². The third-order valence-electron chi connectivity index (χ3n) is 12.6. The number of hydrogen-bond donors (Lipinski definition) is 4. The number of piperazine rings is 1. The first-order valence-electron chi connectivity index (χ1n) is 22.9. The first-order valence-corrected chi connectivity index (χ1v) is 27.3. The van der Waals surface area contributed by atoms with Gasteiger partial charge in [-0.25, -0.2) is 21.6 Å². The van der Waals surface area contributed by atoms with Gasteiger partial charge in [-0.05, 0) is 142 Å². The number of sulfonamides is 1. The van der Waals surface area contributed by atoms with Gasteiger partial charge in [-0.3, -0.25) is 4.79 Å². The van der Waals surface area contributed by atoms with Crippen molar-refractivity contribution in [1.82, 2.24) is 19.8 Å². The third kappa shape index (κ3) is 13.8. The Labute approximate surface area is 412 Å². The summed E-state index contributed by atoms with van der Waals surface area (Å²) in [5.41, 5.74) is -2.72. The zero-order valence-electron chi connectivity index (χ0n) is 38.2. The van der Waals surface area contributed by atoms with E-state index in [2.05, 4.69) is 25.3 Å². The highest BCUT2D eigenvalue weighted by molar-refractivity contribution is 7.99. The zero-order chi connectivity index (χ0) is 49.2. The monoisotopic (exact) mass is 1030 g/mol. The number of amides is 1. The quantitative estimate of drug-likeness (QED) is 0.0554. The van der Waals surface area contributed by atoms with Gasteiger partial charge >= 0.3 is 5.51 Å². The van der Waals surface area contributed by atoms with Crippen molar-refractivity contribution < 1.29 is 39.9 Å². The average Bonchev–Trinajstić information content (AvgIpc) is 3.35. The fourth-order valence-corrected chi connectivity index (χ4v) is 11.8. The molecule has 2 fully saturated rings. The van der Waals surface area contributed by atoms with E-state index in [-0.39, 0.29) is 11.5 Å². The maximum absolute atomic E-state index is 14.3. The van der Waals surface area contributed by atoms with Crippen molar-refractivity contribution in [3.63, 3.8) is 0 Å². The van der Waals surface area contributed by atoms with Gasteiger partial charge in [0, 0.05) is 72.2 Å². The van der Waals surface area contributed by atoms with Crippen molar-refractivity contribution in [1.29, 1.82) is 0 Å². The summed E-state index contributed by atoms with van der Waals surface area (Å²) in [6, 6.07) is 32.7. The molecule has 69 heavy (non-hydrogen) atoms. The molecule has 2 saturated heterocycles. The number of piperidine rings is 1. The number of nitrogens with zero attached hydrogens (tertiary/aromatic N) is 3. The fraction of sp³-hybridized carbons (Fsp3) is 0.380. The molecule has 0 bridgehead atoms. The highest BCUT2D eigenvalue weighted by Gasteiger charge is 2.48. The van der Waals surface area contributed by atoms with Crippen LogP contribution >= 0.6 is 23.4 Å². The first kappa shape index (κ1) is 52.2. The van der Waals surface area contributed by atoms with E-state index in [0.29, 0.717) is 55.7 Å². The Morgan fingerprint density at radius 2 is 1.54 bits per heavy atom. The summed E-state index contributed by atoms with van der Waals surface area (Å²) in [7, 11) is -8.99. The molecule has 7 rings (SSSR count). The molecular formula is C50H58ClF3N6O6S3. The van der Waals surface area contributed by atoms with Gasteiger partial charge in [-0.1, -0.05) is 66.2 Å². The standard InChI is InChI=1S/C50H58ClF3N6O6S3/c1-58(27-7-28-59-32-25-55-26-33-59)29-24-40(35-67-42-8-3-2-4-9-42)56-46-21-20-43(34-47(46)68(63,64)50(52,53)54)69(65,66)57-49(62)38-14-18-41(19-15-38)60-30-22-37(23-31-60)48(61)45-11-6-5-10-44(45)36-12-16-39(51)17-13-36/h2-6,8-21,34,37,40,48,55-56,61H,7,22-33,35H2,1H3,(H,57,62)/t40-,48+/m1/s1. The van der Waals surface area contributed by atoms with Crippen LogP contribution in [0.25, 0.3) is 11.1 Å². The van der Waals surface area contributed by atoms with Gasteiger partial charge < -0.3 is 30.4 Å². The SMILES string of the molecule is CN(CCCN1CCNCC1)CC[C@H](CSc1ccccc1)Nc1ccc(S(=O)(=O)NC(=O)c2ccc(N3CCC([C@H](O)c4ccccc4-c4ccc(Cl)cc4)CC3)cc2)cc1S(=O)(=O)C(F)(F)F. The number of sulfone groups is 1. The summed E-state index contributed by atoms with van der Waals surface area (Å²) in [5, 5.41) is 18.5. The molecule has 0 aromatic heterocycles. The number of nitrogens with one attached hydrogen (secondary N) is 3. The number of thioether (sulfide) groups is 1. The Hall–Kier alpha value is -4.66. The molecule has 0 aliphatic carbocycles. The van der Waals surface area contributed by atoms with Crippen molar-refractivity contribution in [2.24, 2.45) is 5.92 Å². The summed E-state index contributed by atoms with van der Waals surface area (Å²) < 4.78 is 98.3. The van der Waals surface area contributed by atoms with Crippen LogP contribution in [-0.2, 0) is 19.9 Å². The molecule has 4 N–H and O–H groups in total. The molecule has 5 aromatic rings. The van der Waals surface area contributed by atoms with Crippen LogP contribution in [0.4, 0.5) is 24.5 Å². The van der Waals surface area contributed by atoms with Crippen LogP contribution in [0.15, 0.2) is 136 Å². The van der Waals surface area contributed by atoms with E-state index in [1.165, 1.54) is 23.9 Å². The second-order valence-electron chi connectivity index (χ2n) is 17.5. The topological polar surface area (TPSA) is 151 Å². The summed E-state index contributed by atoms with van der Waals surface area (Å²) in [6.07, 6.45) is 2.02. The van der Waals surface area contributed by atoms with E-state index in [1.807, 2.05) is 90.6 Å². The number of alkyl halides is 3. The minimum Gasteiger partial charge on any atom is -0.388 e. The molecule has 2 atom stereocenters. The smallest absolute Gasteiger partial charge is 0.388 e. The molecule has 0 radical (unpaired) electrons. The Morgan fingerprint density at radius 3 is 2.22 bits per heavy atom. The highest BCUT2D eigenvalue weighted by Crippen LogP contribution is 2.39. The van der Waals surface area contributed by atoms with Gasteiger partial charge in [0.2, 0.25) is 0 Å². The summed E-state index contributed by atoms with van der Waals surface area (Å²) in [6.45, 7) is 7.36. The van der Waals surface area contributed by atoms with E-state index in [4.69, 9.17) is 11.6 Å². The van der Waals surface area contributed by atoms with Gasteiger partial charge in [0.05, 0.1) is 16.7 Å². The molecule has 0 unspecified atom stereocenters. The number of carbonyl (C=O) groups is 1. The second kappa shape index (κ2) is 23.5. The zero-order valence-corrected chi connectivity index (χ0v) is 41.5. The lowest BCUT2D eigenvalue weighted by atomic mass is 9.84. The van der Waals surface area contributed by atoms with Gasteiger partial charge in [-0.2, -0.15) is 13.2 Å². The van der Waals surface area contributed by atoms with Gasteiger partial charge in [0.25, 0.3) is 25.8 Å². The maximum Gasteiger partial charge on any atom is 0.501 e. The van der Waals surface area contributed by atoms with E-state index >= 15 is 0 Å². The van der Waals surface area contributed by atoms with Crippen molar-refractivity contribution in [3.8, 4) is 11.1 Å². The number of benzene rings is 5. The van der Waals surface area contributed by atoms with Crippen LogP contribution in [0.3, 0.4) is 0 Å². The Morgan fingerprint density at radius 1 is 0.870 bits per heavy atom. The molecular weight excluding hydrogens is 969 g/mol. The summed E-state index contributed by atoms with van der Waals surface area (Å²) in [5.74, 6) is -0.711. The van der Waals surface area contributed by atoms with Crippen LogP contribution in [0.5, 0.6) is 0 Å². The van der Waals surface area contributed by atoms with Crippen molar-refractivity contribution in [3.05, 3.63) is 137 Å². The molecule has 12 nitrogen and oxygen atoms in total. The number of hydrogen-bond acceptors (Lipinski definition) is 12. The lowest BCUT2D eigenvalue weighted by Crippen LogP contribution is -2.44. The van der Waals surface area contributed by atoms with Crippen LogP contribution in [-0.4, -0.2) is 121 Å². The molecule has 5 aromatic carbocycles. The number of rotatable bonds is 20. The Balaban J connectivity index is 1.01. The Bertz CT molecular complexity index is 2710. The van der Waals surface area contributed by atoms with Gasteiger partial charge in [0.15, 0.2) is 0 Å². The van der Waals surface area contributed by atoms with Gasteiger partial charge in [-0.15, -0.1) is 11.8 Å². The summed E-state index contributed by atoms with van der Waals surface area (Å²) >= 11 is 7.56. The third-order valence-corrected chi connectivity index (χ3v) is 16.9. The van der Waals surface area contributed by atoms with Crippen LogP contribution < -0.4 is 20.3 Å². The minimum absolute atomic E-state index is 0.0176. The average molecular weight is 1030 g/mol. The van der Waals surface area contributed by atoms with Crippen LogP contribution in [0.1, 0.15) is 47.7 Å². The van der Waals surface area contributed by atoms with Gasteiger partial charge in [0.1, 0.15) is 4.90 Å². The normalized spacial score (nSPS) is 16.3. The fourth-order valence-electron chi connectivity index (χ4n) is 8.69. The first-order chi connectivity index (χ1) is 33.0. The molecule has 370 valence electrons. The van der Waals surface area contributed by atoms with E-state index in [0.717, 1.165) is 85.1 Å². The number of aliphatic hydroxyl groups is 1. The number of halogens is 4. The van der Waals surface area contributed by atoms with E-state index in [1.54, 1.807) is 12.1 Å².